The Morgan fingerprint density at radius 2 is 2.13 bits per heavy atom. The van der Waals surface area contributed by atoms with Gasteiger partial charge in [-0.1, -0.05) is 22.0 Å². The van der Waals surface area contributed by atoms with E-state index < -0.39 is 17.4 Å². The summed E-state index contributed by atoms with van der Waals surface area (Å²) in [5.41, 5.74) is -0.300. The first-order valence-corrected chi connectivity index (χ1v) is 5.46. The van der Waals surface area contributed by atoms with E-state index in [1.807, 2.05) is 0 Å². The summed E-state index contributed by atoms with van der Waals surface area (Å²) in [6.07, 6.45) is 3.13. The van der Waals surface area contributed by atoms with Crippen molar-refractivity contribution in [2.45, 2.75) is 13.3 Å². The largest absolute Gasteiger partial charge is 0.481 e. The molecule has 0 aliphatic heterocycles. The second kappa shape index (κ2) is 4.18. The quantitative estimate of drug-likeness (QED) is 0.770. The summed E-state index contributed by atoms with van der Waals surface area (Å²) < 4.78 is 0. The minimum Gasteiger partial charge on any atom is -0.481 e. The van der Waals surface area contributed by atoms with Crippen LogP contribution in [-0.2, 0) is 9.59 Å². The third-order valence-electron chi connectivity index (χ3n) is 2.34. The van der Waals surface area contributed by atoms with Crippen LogP contribution < -0.4 is 0 Å². The maximum absolute atomic E-state index is 11.0. The fourth-order valence-corrected chi connectivity index (χ4v) is 1.85. The average Bonchev–Trinajstić information content (AvgIpc) is 2.16. The Bertz CT molecular complexity index is 370. The Morgan fingerprint density at radius 3 is 2.53 bits per heavy atom. The molecule has 0 spiro atoms. The number of alkyl halides is 1. The normalized spacial score (nSPS) is 25.5. The van der Waals surface area contributed by atoms with Crippen LogP contribution in [0.25, 0.3) is 0 Å². The van der Waals surface area contributed by atoms with Gasteiger partial charge < -0.3 is 10.2 Å². The second-order valence-electron chi connectivity index (χ2n) is 3.73. The van der Waals surface area contributed by atoms with Gasteiger partial charge in [-0.25, -0.2) is 4.79 Å². The van der Waals surface area contributed by atoms with Crippen LogP contribution in [0.2, 0.25) is 0 Å². The van der Waals surface area contributed by atoms with Gasteiger partial charge in [0.1, 0.15) is 0 Å². The monoisotopic (exact) mass is 274 g/mol. The summed E-state index contributed by atoms with van der Waals surface area (Å²) in [6, 6.07) is 0. The van der Waals surface area contributed by atoms with Crippen molar-refractivity contribution in [1.29, 1.82) is 0 Å². The number of rotatable bonds is 3. The Morgan fingerprint density at radius 1 is 1.53 bits per heavy atom. The zero-order valence-corrected chi connectivity index (χ0v) is 9.74. The van der Waals surface area contributed by atoms with Crippen LogP contribution in [0.3, 0.4) is 0 Å². The zero-order valence-electron chi connectivity index (χ0n) is 8.16. The number of hydrogen-bond donors (Lipinski definition) is 2. The van der Waals surface area contributed by atoms with E-state index >= 15 is 0 Å². The number of hydrogen-bond acceptors (Lipinski definition) is 2. The van der Waals surface area contributed by atoms with Crippen LogP contribution >= 0.6 is 15.9 Å². The Balaban J connectivity index is 3.12. The molecule has 0 bridgehead atoms. The molecule has 0 amide bonds. The number of carboxylic acids is 2. The van der Waals surface area contributed by atoms with Crippen LogP contribution in [0, 0.1) is 5.41 Å². The predicted molar refractivity (Wildman–Crippen MR) is 58.0 cm³/mol. The molecule has 0 aromatic carbocycles. The zero-order chi connectivity index (χ0) is 11.6. The highest BCUT2D eigenvalue weighted by Gasteiger charge is 2.36. The predicted octanol–water partition coefficient (Wildman–Crippen LogP) is 1.81. The number of carboxylic acid groups (broad SMARTS) is 2. The van der Waals surface area contributed by atoms with Gasteiger partial charge in [-0.2, -0.15) is 0 Å². The van der Waals surface area contributed by atoms with Gasteiger partial charge in [-0.3, -0.25) is 4.79 Å². The molecule has 0 fully saturated rings. The van der Waals surface area contributed by atoms with Gasteiger partial charge in [0, 0.05) is 10.9 Å². The Hall–Kier alpha value is -1.10. The van der Waals surface area contributed by atoms with Gasteiger partial charge in [0.05, 0.1) is 5.41 Å². The SMILES string of the molecule is CC1(C(=O)O)C=C(CBr)C=C(C(=O)O)C1. The van der Waals surface area contributed by atoms with E-state index in [1.54, 1.807) is 6.08 Å². The molecule has 0 saturated heterocycles. The lowest BCUT2D eigenvalue weighted by Crippen LogP contribution is -2.30. The van der Waals surface area contributed by atoms with E-state index in [4.69, 9.17) is 10.2 Å². The topological polar surface area (TPSA) is 74.6 Å². The lowest BCUT2D eigenvalue weighted by Gasteiger charge is -2.25. The molecule has 0 aromatic heterocycles. The van der Waals surface area contributed by atoms with Gasteiger partial charge in [-0.15, -0.1) is 0 Å². The molecular formula is C10H11BrO4. The maximum Gasteiger partial charge on any atom is 0.331 e. The van der Waals surface area contributed by atoms with E-state index in [-0.39, 0.29) is 12.0 Å². The average molecular weight is 275 g/mol. The van der Waals surface area contributed by atoms with Crippen molar-refractivity contribution < 1.29 is 19.8 Å². The summed E-state index contributed by atoms with van der Waals surface area (Å²) in [5.74, 6) is -2.07. The smallest absolute Gasteiger partial charge is 0.331 e. The van der Waals surface area contributed by atoms with Gasteiger partial charge in [0.2, 0.25) is 0 Å². The van der Waals surface area contributed by atoms with E-state index in [1.165, 1.54) is 13.0 Å². The summed E-state index contributed by atoms with van der Waals surface area (Å²) in [7, 11) is 0. The van der Waals surface area contributed by atoms with Crippen LogP contribution in [0.4, 0.5) is 0 Å². The highest BCUT2D eigenvalue weighted by Crippen LogP contribution is 2.34. The standard InChI is InChI=1S/C10H11BrO4/c1-10(9(14)15)3-6(5-11)2-7(4-10)8(12)13/h2-3H,4-5H2,1H3,(H,12,13)(H,14,15). The second-order valence-corrected chi connectivity index (χ2v) is 4.29. The molecule has 15 heavy (non-hydrogen) atoms. The number of carbonyl (C=O) groups is 2. The summed E-state index contributed by atoms with van der Waals surface area (Å²) in [6.45, 7) is 1.52. The molecule has 1 unspecified atom stereocenters. The number of allylic oxidation sites excluding steroid dienone is 2. The van der Waals surface area contributed by atoms with Gasteiger partial charge in [0.15, 0.2) is 0 Å². The lowest BCUT2D eigenvalue weighted by molar-refractivity contribution is -0.145. The van der Waals surface area contributed by atoms with Gasteiger partial charge >= 0.3 is 11.9 Å². The third-order valence-corrected chi connectivity index (χ3v) is 2.99. The Kier molecular flexibility index (Phi) is 3.34. The van der Waals surface area contributed by atoms with Crippen LogP contribution in [0.15, 0.2) is 23.3 Å². The maximum atomic E-state index is 11.0. The number of aliphatic carboxylic acids is 2. The molecule has 1 aliphatic carbocycles. The fraction of sp³-hybridized carbons (Fsp3) is 0.400. The van der Waals surface area contributed by atoms with Crippen LogP contribution in [-0.4, -0.2) is 27.5 Å². The van der Waals surface area contributed by atoms with Crippen molar-refractivity contribution in [3.63, 3.8) is 0 Å². The van der Waals surface area contributed by atoms with Gasteiger partial charge in [-0.05, 0) is 25.0 Å². The van der Waals surface area contributed by atoms with E-state index in [0.717, 1.165) is 0 Å². The molecule has 0 aromatic rings. The molecule has 0 saturated carbocycles. The van der Waals surface area contributed by atoms with Crippen LogP contribution in [0.5, 0.6) is 0 Å². The molecule has 1 rings (SSSR count). The minimum absolute atomic E-state index is 0.0220. The molecule has 0 radical (unpaired) electrons. The lowest BCUT2D eigenvalue weighted by atomic mass is 9.78. The van der Waals surface area contributed by atoms with Crippen molar-refractivity contribution >= 4 is 27.9 Å². The third kappa shape index (κ3) is 2.47. The highest BCUT2D eigenvalue weighted by molar-refractivity contribution is 9.09. The molecule has 4 nitrogen and oxygen atoms in total. The van der Waals surface area contributed by atoms with Crippen molar-refractivity contribution in [2.75, 3.05) is 5.33 Å². The first kappa shape index (κ1) is 12.0. The molecule has 1 aliphatic rings. The molecule has 0 heterocycles. The molecule has 1 atom stereocenters. The first-order chi connectivity index (χ1) is 6.89. The van der Waals surface area contributed by atoms with Crippen LogP contribution in [0.1, 0.15) is 13.3 Å². The van der Waals surface area contributed by atoms with E-state index in [0.29, 0.717) is 10.9 Å². The first-order valence-electron chi connectivity index (χ1n) is 4.34. The summed E-state index contributed by atoms with van der Waals surface area (Å²) in [5, 5.41) is 18.3. The van der Waals surface area contributed by atoms with E-state index in [9.17, 15) is 9.59 Å². The molecule has 5 heteroatoms. The van der Waals surface area contributed by atoms with Crippen molar-refractivity contribution in [3.05, 3.63) is 23.3 Å². The van der Waals surface area contributed by atoms with Crippen molar-refractivity contribution in [3.8, 4) is 0 Å². The molecule has 2 N–H and O–H groups in total. The van der Waals surface area contributed by atoms with Crippen molar-refractivity contribution in [2.24, 2.45) is 5.41 Å². The van der Waals surface area contributed by atoms with Crippen molar-refractivity contribution in [1.82, 2.24) is 0 Å². The highest BCUT2D eigenvalue weighted by atomic mass is 79.9. The fourth-order valence-electron chi connectivity index (χ4n) is 1.52. The molecule has 82 valence electrons. The summed E-state index contributed by atoms with van der Waals surface area (Å²) >= 11 is 3.19. The molecular weight excluding hydrogens is 264 g/mol. The van der Waals surface area contributed by atoms with Gasteiger partial charge in [0.25, 0.3) is 0 Å². The number of halogens is 1. The summed E-state index contributed by atoms with van der Waals surface area (Å²) in [4.78, 5) is 21.8. The van der Waals surface area contributed by atoms with E-state index in [2.05, 4.69) is 15.9 Å². The Labute approximate surface area is 95.4 Å². The minimum atomic E-state index is -1.12.